The first-order valence-corrected chi connectivity index (χ1v) is 7.04. The van der Waals surface area contributed by atoms with Gasteiger partial charge in [-0.05, 0) is 23.8 Å². The molecule has 0 unspecified atom stereocenters. The van der Waals surface area contributed by atoms with Crippen molar-refractivity contribution in [3.8, 4) is 17.2 Å². The van der Waals surface area contributed by atoms with Gasteiger partial charge in [0.2, 0.25) is 5.75 Å². The highest BCUT2D eigenvalue weighted by atomic mass is 16.6. The number of Topliss-reactive ketones (excluding diaryl/α,β-unsaturated/α-hetero) is 1. The van der Waals surface area contributed by atoms with Crippen LogP contribution in [0, 0.1) is 10.1 Å². The van der Waals surface area contributed by atoms with Gasteiger partial charge in [-0.25, -0.2) is 0 Å². The minimum absolute atomic E-state index is 0.0403. The third-order valence-electron chi connectivity index (χ3n) is 3.89. The molecule has 7 nitrogen and oxygen atoms in total. The van der Waals surface area contributed by atoms with E-state index >= 15 is 0 Å². The summed E-state index contributed by atoms with van der Waals surface area (Å²) in [6.07, 6.45) is 1.73. The van der Waals surface area contributed by atoms with Gasteiger partial charge in [-0.2, -0.15) is 0 Å². The van der Waals surface area contributed by atoms with Gasteiger partial charge in [0, 0.05) is 29.2 Å². The fraction of sp³-hybridized carbons (Fsp3) is 0.118. The molecule has 3 rings (SSSR count). The van der Waals surface area contributed by atoms with E-state index in [2.05, 4.69) is 0 Å². The highest BCUT2D eigenvalue weighted by Crippen LogP contribution is 2.39. The van der Waals surface area contributed by atoms with E-state index in [0.717, 1.165) is 0 Å². The van der Waals surface area contributed by atoms with Crippen molar-refractivity contribution in [1.29, 1.82) is 0 Å². The Morgan fingerprint density at radius 2 is 2.04 bits per heavy atom. The lowest BCUT2D eigenvalue weighted by Crippen LogP contribution is -1.96. The Kier molecular flexibility index (Phi) is 3.69. The maximum absolute atomic E-state index is 12.4. The van der Waals surface area contributed by atoms with Crippen LogP contribution in [0.2, 0.25) is 0 Å². The number of carbonyl (C=O) groups excluding carboxylic acids is 1. The van der Waals surface area contributed by atoms with Crippen LogP contribution in [-0.4, -0.2) is 28.0 Å². The molecule has 1 aliphatic rings. The summed E-state index contributed by atoms with van der Waals surface area (Å²) in [5.41, 5.74) is 1.20. The summed E-state index contributed by atoms with van der Waals surface area (Å²) in [6.45, 7) is 0. The summed E-state index contributed by atoms with van der Waals surface area (Å²) in [6, 6.07) is 7.29. The number of nitro benzene ring substituents is 1. The average Bonchev–Trinajstić information content (AvgIpc) is 2.86. The van der Waals surface area contributed by atoms with E-state index in [0.29, 0.717) is 22.3 Å². The summed E-state index contributed by atoms with van der Waals surface area (Å²) in [5, 5.41) is 30.7. The standard InChI is InChI=1S/C17H13NO6/c1-24-15-7-9(6-13(17(15)21)18(22)23)5-10-8-12-11(16(10)20)3-2-4-14(12)19/h2-7,19,21H,8H2,1H3/b10-5+. The lowest BCUT2D eigenvalue weighted by atomic mass is 10.1. The molecule has 24 heavy (non-hydrogen) atoms. The zero-order valence-corrected chi connectivity index (χ0v) is 12.6. The molecule has 0 bridgehead atoms. The fourth-order valence-corrected chi connectivity index (χ4v) is 2.73. The minimum atomic E-state index is -0.725. The Balaban J connectivity index is 2.07. The van der Waals surface area contributed by atoms with Crippen LogP contribution in [0.15, 0.2) is 35.9 Å². The number of phenols is 2. The second-order valence-corrected chi connectivity index (χ2v) is 5.33. The van der Waals surface area contributed by atoms with Gasteiger partial charge in [0.15, 0.2) is 11.5 Å². The molecule has 0 radical (unpaired) electrons. The fourth-order valence-electron chi connectivity index (χ4n) is 2.73. The van der Waals surface area contributed by atoms with Crippen LogP contribution in [0.5, 0.6) is 17.2 Å². The predicted octanol–water partition coefficient (Wildman–Crippen LogP) is 2.84. The van der Waals surface area contributed by atoms with Crippen LogP contribution in [0.1, 0.15) is 21.5 Å². The number of ketones is 1. The smallest absolute Gasteiger partial charge is 0.315 e. The Morgan fingerprint density at radius 3 is 2.67 bits per heavy atom. The van der Waals surface area contributed by atoms with E-state index in [9.17, 15) is 25.1 Å². The van der Waals surface area contributed by atoms with E-state index in [-0.39, 0.29) is 23.7 Å². The molecule has 0 aliphatic heterocycles. The lowest BCUT2D eigenvalue weighted by Gasteiger charge is -2.06. The number of ether oxygens (including phenoxy) is 1. The van der Waals surface area contributed by atoms with Gasteiger partial charge >= 0.3 is 5.69 Å². The Bertz CT molecular complexity index is 900. The average molecular weight is 327 g/mol. The van der Waals surface area contributed by atoms with Crippen molar-refractivity contribution in [2.45, 2.75) is 6.42 Å². The van der Waals surface area contributed by atoms with E-state index in [1.54, 1.807) is 12.1 Å². The Hall–Kier alpha value is -3.35. The van der Waals surface area contributed by atoms with Gasteiger partial charge in [-0.15, -0.1) is 0 Å². The molecular formula is C17H13NO6. The first-order valence-electron chi connectivity index (χ1n) is 7.04. The number of carbonyl (C=O) groups is 1. The first-order chi connectivity index (χ1) is 11.4. The van der Waals surface area contributed by atoms with Crippen molar-refractivity contribution in [2.24, 2.45) is 0 Å². The van der Waals surface area contributed by atoms with Crippen LogP contribution in [-0.2, 0) is 6.42 Å². The minimum Gasteiger partial charge on any atom is -0.508 e. The predicted molar refractivity (Wildman–Crippen MR) is 85.4 cm³/mol. The zero-order valence-electron chi connectivity index (χ0n) is 12.6. The van der Waals surface area contributed by atoms with Crippen molar-refractivity contribution in [3.63, 3.8) is 0 Å². The van der Waals surface area contributed by atoms with Crippen molar-refractivity contribution in [1.82, 2.24) is 0 Å². The second-order valence-electron chi connectivity index (χ2n) is 5.33. The molecule has 2 aromatic carbocycles. The normalized spacial score (nSPS) is 14.7. The molecule has 0 aromatic heterocycles. The Labute approximate surface area is 136 Å². The number of aromatic hydroxyl groups is 2. The molecule has 0 fully saturated rings. The van der Waals surface area contributed by atoms with Crippen molar-refractivity contribution in [3.05, 3.63) is 62.7 Å². The number of methoxy groups -OCH3 is 1. The van der Waals surface area contributed by atoms with Crippen LogP contribution < -0.4 is 4.74 Å². The first kappa shape index (κ1) is 15.5. The summed E-state index contributed by atoms with van der Waals surface area (Å²) in [4.78, 5) is 22.7. The zero-order chi connectivity index (χ0) is 17.4. The van der Waals surface area contributed by atoms with Gasteiger partial charge in [-0.1, -0.05) is 12.1 Å². The monoisotopic (exact) mass is 327 g/mol. The molecule has 0 atom stereocenters. The molecule has 7 heteroatoms. The molecule has 0 amide bonds. The SMILES string of the molecule is COc1cc(/C=C2\Cc3c(O)cccc3C2=O)cc([N+](=O)[O-])c1O. The maximum Gasteiger partial charge on any atom is 0.315 e. The third-order valence-corrected chi connectivity index (χ3v) is 3.89. The molecule has 2 aromatic rings. The molecule has 0 spiro atoms. The van der Waals surface area contributed by atoms with Crippen molar-refractivity contribution in [2.75, 3.05) is 7.11 Å². The van der Waals surface area contributed by atoms with Crippen molar-refractivity contribution < 1.29 is 24.7 Å². The topological polar surface area (TPSA) is 110 Å². The number of rotatable bonds is 3. The molecule has 0 saturated carbocycles. The summed E-state index contributed by atoms with van der Waals surface area (Å²) in [5.74, 6) is -0.820. The number of nitrogens with zero attached hydrogens (tertiary/aromatic N) is 1. The summed E-state index contributed by atoms with van der Waals surface area (Å²) in [7, 11) is 1.28. The molecule has 2 N–H and O–H groups in total. The number of allylic oxidation sites excluding steroid dienone is 1. The van der Waals surface area contributed by atoms with Crippen LogP contribution >= 0.6 is 0 Å². The highest BCUT2D eigenvalue weighted by Gasteiger charge is 2.27. The summed E-state index contributed by atoms with van der Waals surface area (Å²) >= 11 is 0. The van der Waals surface area contributed by atoms with Gasteiger partial charge in [0.1, 0.15) is 5.75 Å². The number of phenolic OH excluding ortho intramolecular Hbond substituents is 2. The molecule has 0 heterocycles. The largest absolute Gasteiger partial charge is 0.508 e. The molecule has 122 valence electrons. The van der Waals surface area contributed by atoms with Crippen molar-refractivity contribution >= 4 is 17.5 Å². The number of benzene rings is 2. The van der Waals surface area contributed by atoms with Crippen LogP contribution in [0.3, 0.4) is 0 Å². The van der Waals surface area contributed by atoms with Gasteiger partial charge in [0.25, 0.3) is 0 Å². The van der Waals surface area contributed by atoms with E-state index in [1.165, 1.54) is 31.4 Å². The quantitative estimate of drug-likeness (QED) is 0.509. The number of hydrogen-bond donors (Lipinski definition) is 2. The molecule has 1 aliphatic carbocycles. The number of nitro groups is 1. The van der Waals surface area contributed by atoms with E-state index in [1.807, 2.05) is 0 Å². The summed E-state index contributed by atoms with van der Waals surface area (Å²) < 4.78 is 4.94. The Morgan fingerprint density at radius 1 is 1.29 bits per heavy atom. The molecular weight excluding hydrogens is 314 g/mol. The third kappa shape index (κ3) is 2.45. The maximum atomic E-state index is 12.4. The van der Waals surface area contributed by atoms with E-state index < -0.39 is 16.4 Å². The van der Waals surface area contributed by atoms with Crippen LogP contribution in [0.4, 0.5) is 5.69 Å². The number of hydrogen-bond acceptors (Lipinski definition) is 6. The molecule has 0 saturated heterocycles. The second kappa shape index (κ2) is 5.69. The van der Waals surface area contributed by atoms with Gasteiger partial charge < -0.3 is 14.9 Å². The van der Waals surface area contributed by atoms with Crippen LogP contribution in [0.25, 0.3) is 6.08 Å². The highest BCUT2D eigenvalue weighted by molar-refractivity contribution is 6.16. The lowest BCUT2D eigenvalue weighted by molar-refractivity contribution is -0.386. The van der Waals surface area contributed by atoms with Gasteiger partial charge in [-0.3, -0.25) is 14.9 Å². The number of fused-ring (bicyclic) bond motifs is 1. The van der Waals surface area contributed by atoms with E-state index in [4.69, 9.17) is 4.74 Å². The van der Waals surface area contributed by atoms with Gasteiger partial charge in [0.05, 0.1) is 12.0 Å².